The van der Waals surface area contributed by atoms with Crippen LogP contribution >= 0.6 is 11.8 Å². The van der Waals surface area contributed by atoms with Crippen molar-refractivity contribution in [3.05, 3.63) is 18.3 Å². The average molecular weight is 398 g/mol. The third-order valence-electron chi connectivity index (χ3n) is 4.96. The molecule has 1 saturated heterocycles. The number of carbonyl (C=O) groups is 1. The molecule has 6 nitrogen and oxygen atoms in total. The molecule has 144 valence electrons. The van der Waals surface area contributed by atoms with Gasteiger partial charge in [-0.1, -0.05) is 19.3 Å². The van der Waals surface area contributed by atoms with Crippen molar-refractivity contribution in [2.24, 2.45) is 0 Å². The van der Waals surface area contributed by atoms with Crippen molar-refractivity contribution in [1.29, 1.82) is 0 Å². The van der Waals surface area contributed by atoms with Gasteiger partial charge in [-0.3, -0.25) is 4.79 Å². The van der Waals surface area contributed by atoms with Gasteiger partial charge in [0, 0.05) is 37.5 Å². The fraction of sp³-hybridized carbons (Fsp3) is 0.667. The van der Waals surface area contributed by atoms with Crippen LogP contribution < -0.4 is 5.32 Å². The fourth-order valence-electron chi connectivity index (χ4n) is 3.48. The molecule has 1 aliphatic heterocycles. The molecule has 2 heterocycles. The normalized spacial score (nSPS) is 19.5. The van der Waals surface area contributed by atoms with Gasteiger partial charge in [-0.25, -0.2) is 13.4 Å². The van der Waals surface area contributed by atoms with Crippen LogP contribution in [-0.4, -0.2) is 48.5 Å². The molecule has 1 aliphatic carbocycles. The van der Waals surface area contributed by atoms with Crippen LogP contribution in [0.1, 0.15) is 51.4 Å². The van der Waals surface area contributed by atoms with Gasteiger partial charge in [0.15, 0.2) is 0 Å². The van der Waals surface area contributed by atoms with Crippen molar-refractivity contribution in [3.63, 3.8) is 0 Å². The zero-order valence-corrected chi connectivity index (χ0v) is 16.7. The molecule has 0 bridgehead atoms. The smallest absolute Gasteiger partial charge is 0.244 e. The molecule has 1 aromatic heterocycles. The Kier molecular flexibility index (Phi) is 6.94. The number of thioether (sulfide) groups is 1. The summed E-state index contributed by atoms with van der Waals surface area (Å²) in [5.41, 5.74) is 0. The molecule has 2 aliphatic rings. The van der Waals surface area contributed by atoms with Gasteiger partial charge in [0.1, 0.15) is 4.90 Å². The molecule has 1 saturated carbocycles. The van der Waals surface area contributed by atoms with E-state index in [1.807, 2.05) is 0 Å². The lowest BCUT2D eigenvalue weighted by Gasteiger charge is -2.22. The van der Waals surface area contributed by atoms with Crippen molar-refractivity contribution < 1.29 is 13.2 Å². The molecule has 0 unspecified atom stereocenters. The van der Waals surface area contributed by atoms with Gasteiger partial charge in [-0.2, -0.15) is 4.31 Å². The van der Waals surface area contributed by atoms with Gasteiger partial charge in [-0.05, 0) is 37.8 Å². The van der Waals surface area contributed by atoms with Gasteiger partial charge in [0.2, 0.25) is 15.9 Å². The molecule has 0 atom stereocenters. The van der Waals surface area contributed by atoms with Crippen molar-refractivity contribution in [3.8, 4) is 0 Å². The minimum atomic E-state index is -3.41. The maximum Gasteiger partial charge on any atom is 0.244 e. The van der Waals surface area contributed by atoms with Crippen LogP contribution in [0, 0.1) is 0 Å². The van der Waals surface area contributed by atoms with Crippen molar-refractivity contribution in [2.75, 3.05) is 18.8 Å². The summed E-state index contributed by atoms with van der Waals surface area (Å²) in [6, 6.07) is 3.69. The standard InChI is InChI=1S/C18H27N3O3S2/c22-17(20-15-6-2-1-3-7-15)10-13-25-18-9-8-16(14-19-18)26(23,24)21-11-4-5-12-21/h8-9,14-15H,1-7,10-13H2,(H,20,22). The zero-order chi connectivity index (χ0) is 18.4. The quantitative estimate of drug-likeness (QED) is 0.716. The highest BCUT2D eigenvalue weighted by molar-refractivity contribution is 7.99. The van der Waals surface area contributed by atoms with E-state index in [1.165, 1.54) is 41.5 Å². The lowest BCUT2D eigenvalue weighted by molar-refractivity contribution is -0.121. The van der Waals surface area contributed by atoms with E-state index in [0.29, 0.717) is 31.3 Å². The lowest BCUT2D eigenvalue weighted by Crippen LogP contribution is -2.36. The van der Waals surface area contributed by atoms with Crippen LogP contribution in [0.3, 0.4) is 0 Å². The molecular formula is C18H27N3O3S2. The van der Waals surface area contributed by atoms with E-state index < -0.39 is 10.0 Å². The number of carbonyl (C=O) groups excluding carboxylic acids is 1. The van der Waals surface area contributed by atoms with Gasteiger partial charge >= 0.3 is 0 Å². The Hall–Kier alpha value is -1.12. The predicted molar refractivity (Wildman–Crippen MR) is 103 cm³/mol. The number of nitrogens with one attached hydrogen (secondary N) is 1. The number of hydrogen-bond acceptors (Lipinski definition) is 5. The summed E-state index contributed by atoms with van der Waals surface area (Å²) in [5.74, 6) is 0.738. The van der Waals surface area contributed by atoms with Crippen LogP contribution in [0.15, 0.2) is 28.3 Å². The summed E-state index contributed by atoms with van der Waals surface area (Å²) in [7, 11) is -3.41. The molecule has 26 heavy (non-hydrogen) atoms. The molecule has 8 heteroatoms. The van der Waals surface area contributed by atoms with Crippen LogP contribution in [0.4, 0.5) is 0 Å². The Balaban J connectivity index is 1.44. The number of hydrogen-bond donors (Lipinski definition) is 1. The summed E-state index contributed by atoms with van der Waals surface area (Å²) < 4.78 is 26.4. The highest BCUT2D eigenvalue weighted by Crippen LogP contribution is 2.23. The molecule has 1 amide bonds. The molecular weight excluding hydrogens is 370 g/mol. The molecule has 0 spiro atoms. The maximum atomic E-state index is 12.5. The van der Waals surface area contributed by atoms with E-state index in [1.54, 1.807) is 12.1 Å². The Morgan fingerprint density at radius 2 is 1.88 bits per heavy atom. The Bertz CT molecular complexity index is 695. The van der Waals surface area contributed by atoms with Crippen LogP contribution in [0.2, 0.25) is 0 Å². The molecule has 1 N–H and O–H groups in total. The van der Waals surface area contributed by atoms with Crippen LogP contribution in [0.5, 0.6) is 0 Å². The number of nitrogens with zero attached hydrogens (tertiary/aromatic N) is 2. The Morgan fingerprint density at radius 1 is 1.15 bits per heavy atom. The number of pyridine rings is 1. The van der Waals surface area contributed by atoms with E-state index in [9.17, 15) is 13.2 Å². The molecule has 1 aromatic rings. The summed E-state index contributed by atoms with van der Waals surface area (Å²) in [4.78, 5) is 16.5. The topological polar surface area (TPSA) is 79.4 Å². The highest BCUT2D eigenvalue weighted by Gasteiger charge is 2.27. The molecule has 3 rings (SSSR count). The number of amides is 1. The van der Waals surface area contributed by atoms with Gasteiger partial charge in [-0.15, -0.1) is 11.8 Å². The summed E-state index contributed by atoms with van der Waals surface area (Å²) in [6.45, 7) is 1.18. The molecule has 0 aromatic carbocycles. The van der Waals surface area contributed by atoms with Gasteiger partial charge < -0.3 is 5.32 Å². The minimum absolute atomic E-state index is 0.0950. The first-order valence-electron chi connectivity index (χ1n) is 9.44. The number of sulfonamides is 1. The second kappa shape index (κ2) is 9.19. The summed E-state index contributed by atoms with van der Waals surface area (Å²) in [5, 5.41) is 3.85. The first-order valence-corrected chi connectivity index (χ1v) is 11.9. The fourth-order valence-corrected chi connectivity index (χ4v) is 5.73. The monoisotopic (exact) mass is 397 g/mol. The first kappa shape index (κ1) is 19.6. The van der Waals surface area contributed by atoms with Crippen molar-refractivity contribution in [1.82, 2.24) is 14.6 Å². The highest BCUT2D eigenvalue weighted by atomic mass is 32.2. The van der Waals surface area contributed by atoms with Crippen molar-refractivity contribution >= 4 is 27.7 Å². The SMILES string of the molecule is O=C(CCSc1ccc(S(=O)(=O)N2CCCC2)cn1)NC1CCCCC1. The van der Waals surface area contributed by atoms with Crippen LogP contribution in [0.25, 0.3) is 0 Å². The predicted octanol–water partition coefficient (Wildman–Crippen LogP) is 2.80. The molecule has 0 radical (unpaired) electrons. The van der Waals surface area contributed by atoms with E-state index >= 15 is 0 Å². The minimum Gasteiger partial charge on any atom is -0.353 e. The largest absolute Gasteiger partial charge is 0.353 e. The van der Waals surface area contributed by atoms with E-state index in [0.717, 1.165) is 30.7 Å². The first-order chi connectivity index (χ1) is 12.6. The second-order valence-electron chi connectivity index (χ2n) is 6.94. The summed E-state index contributed by atoms with van der Waals surface area (Å²) >= 11 is 1.48. The zero-order valence-electron chi connectivity index (χ0n) is 15.0. The summed E-state index contributed by atoms with van der Waals surface area (Å²) in [6.07, 6.45) is 9.59. The van der Waals surface area contributed by atoms with E-state index in [2.05, 4.69) is 10.3 Å². The van der Waals surface area contributed by atoms with Gasteiger partial charge in [0.25, 0.3) is 0 Å². The van der Waals surface area contributed by atoms with Gasteiger partial charge in [0.05, 0.1) is 5.03 Å². The average Bonchev–Trinajstić information content (AvgIpc) is 3.19. The molecule has 2 fully saturated rings. The maximum absolute atomic E-state index is 12.5. The van der Waals surface area contributed by atoms with Crippen molar-refractivity contribution in [2.45, 2.75) is 67.3 Å². The van der Waals surface area contributed by atoms with Crippen LogP contribution in [-0.2, 0) is 14.8 Å². The number of rotatable bonds is 7. The second-order valence-corrected chi connectivity index (χ2v) is 10.00. The third kappa shape index (κ3) is 5.20. The number of aromatic nitrogens is 1. The Labute approximate surface area is 160 Å². The van der Waals surface area contributed by atoms with E-state index in [4.69, 9.17) is 0 Å². The third-order valence-corrected chi connectivity index (χ3v) is 7.79. The lowest BCUT2D eigenvalue weighted by atomic mass is 9.95. The van der Waals surface area contributed by atoms with E-state index in [-0.39, 0.29) is 10.8 Å². The Morgan fingerprint density at radius 3 is 2.54 bits per heavy atom.